The molecule has 0 spiro atoms. The number of nitrogens with zero attached hydrogens (tertiary/aromatic N) is 4. The van der Waals surface area contributed by atoms with Crippen LogP contribution in [0, 0.1) is 0 Å². The Balaban J connectivity index is 0.000000317. The first-order valence-corrected chi connectivity index (χ1v) is 11.2. The maximum Gasteiger partial charge on any atom is 0.490 e. The molecule has 216 valence electrons. The molecule has 0 bridgehead atoms. The number of aliphatic carboxylic acids is 2. The Kier molecular flexibility index (Phi) is 10.8. The summed E-state index contributed by atoms with van der Waals surface area (Å²) in [6.07, 6.45) is -0.936. The molecule has 0 saturated carbocycles. The average Bonchev–Trinajstić information content (AvgIpc) is 3.43. The van der Waals surface area contributed by atoms with Gasteiger partial charge in [-0.3, -0.25) is 19.4 Å². The number of likely N-dealkylation sites (tertiary alicyclic amines) is 1. The van der Waals surface area contributed by atoms with Gasteiger partial charge in [-0.2, -0.15) is 31.4 Å². The van der Waals surface area contributed by atoms with E-state index in [1.165, 1.54) is 5.56 Å². The van der Waals surface area contributed by atoms with Gasteiger partial charge >= 0.3 is 24.3 Å². The molecule has 3 N–H and O–H groups in total. The summed E-state index contributed by atoms with van der Waals surface area (Å²) in [5.74, 6) is -5.60. The van der Waals surface area contributed by atoms with Crippen molar-refractivity contribution in [2.45, 2.75) is 49.9 Å². The number of fused-ring (bicyclic) bond motifs is 1. The number of nitrogens with one attached hydrogen (secondary N) is 1. The van der Waals surface area contributed by atoms with Gasteiger partial charge in [-0.05, 0) is 24.5 Å². The summed E-state index contributed by atoms with van der Waals surface area (Å²) in [6.45, 7) is 2.38. The van der Waals surface area contributed by atoms with E-state index in [1.807, 2.05) is 19.3 Å². The maximum absolute atomic E-state index is 12.5. The van der Waals surface area contributed by atoms with E-state index in [4.69, 9.17) is 24.5 Å². The van der Waals surface area contributed by atoms with Crippen molar-refractivity contribution >= 4 is 17.8 Å². The first kappa shape index (κ1) is 31.5. The first-order valence-electron chi connectivity index (χ1n) is 11.2. The van der Waals surface area contributed by atoms with Crippen LogP contribution in [0.5, 0.6) is 0 Å². The molecule has 2 aromatic heterocycles. The Hall–Kier alpha value is -3.73. The van der Waals surface area contributed by atoms with Gasteiger partial charge in [0.05, 0.1) is 23.9 Å². The van der Waals surface area contributed by atoms with Gasteiger partial charge in [0.2, 0.25) is 0 Å². The summed E-state index contributed by atoms with van der Waals surface area (Å²) in [5, 5.41) is 21.5. The third kappa shape index (κ3) is 9.82. The average molecular weight is 569 g/mol. The Morgan fingerprint density at radius 1 is 1.10 bits per heavy atom. The van der Waals surface area contributed by atoms with Crippen LogP contribution in [0.3, 0.4) is 0 Å². The second-order valence-corrected chi connectivity index (χ2v) is 8.42. The predicted octanol–water partition coefficient (Wildman–Crippen LogP) is 2.24. The van der Waals surface area contributed by atoms with Crippen LogP contribution in [0.25, 0.3) is 0 Å². The summed E-state index contributed by atoms with van der Waals surface area (Å²) >= 11 is 0. The van der Waals surface area contributed by atoms with Gasteiger partial charge in [-0.15, -0.1) is 0 Å². The molecule has 4 rings (SSSR count). The van der Waals surface area contributed by atoms with Crippen LogP contribution < -0.4 is 5.32 Å². The molecule has 1 amide bonds. The van der Waals surface area contributed by atoms with E-state index in [1.54, 1.807) is 23.3 Å². The number of aromatic nitrogens is 3. The second-order valence-electron chi connectivity index (χ2n) is 8.42. The minimum absolute atomic E-state index is 0.00493. The molecular formula is C22H25F6N5O6. The van der Waals surface area contributed by atoms with Crippen molar-refractivity contribution in [3.05, 3.63) is 48.0 Å². The number of halogens is 6. The van der Waals surface area contributed by atoms with Crippen LogP contribution in [0.2, 0.25) is 0 Å². The number of ether oxygens (including phenoxy) is 1. The number of aryl methyl sites for hydroxylation is 1. The lowest BCUT2D eigenvalue weighted by Crippen LogP contribution is -2.47. The van der Waals surface area contributed by atoms with Crippen molar-refractivity contribution < 1.29 is 55.7 Å². The van der Waals surface area contributed by atoms with Crippen LogP contribution in [0.15, 0.2) is 36.9 Å². The Morgan fingerprint density at radius 2 is 1.72 bits per heavy atom. The quantitative estimate of drug-likeness (QED) is 0.472. The van der Waals surface area contributed by atoms with Gasteiger partial charge < -0.3 is 20.3 Å². The van der Waals surface area contributed by atoms with Crippen LogP contribution in [-0.2, 0) is 27.9 Å². The molecule has 0 aromatic carbocycles. The lowest BCUT2D eigenvalue weighted by Gasteiger charge is -2.32. The van der Waals surface area contributed by atoms with E-state index >= 15 is 0 Å². The number of carbonyl (C=O) groups excluding carboxylic acids is 1. The summed E-state index contributed by atoms with van der Waals surface area (Å²) in [7, 11) is 1.81. The summed E-state index contributed by atoms with van der Waals surface area (Å²) in [6, 6.07) is 4.39. The molecule has 2 aromatic rings. The fourth-order valence-corrected chi connectivity index (χ4v) is 3.88. The summed E-state index contributed by atoms with van der Waals surface area (Å²) in [4.78, 5) is 36.9. The molecule has 39 heavy (non-hydrogen) atoms. The minimum Gasteiger partial charge on any atom is -0.475 e. The SMILES string of the molecule is Cn1cc(C(=O)N[C@@H]2CN(Cc3cccnc3)[C@@H]3CCCO[C@@H]32)cn1.O=C(O)C(F)(F)F.O=C(O)C(F)(F)F. The zero-order chi connectivity index (χ0) is 29.4. The molecule has 2 aliphatic rings. The number of carboxylic acid groups (broad SMARTS) is 2. The number of pyridine rings is 1. The smallest absolute Gasteiger partial charge is 0.475 e. The van der Waals surface area contributed by atoms with Crippen LogP contribution in [0.4, 0.5) is 26.3 Å². The Bertz CT molecular complexity index is 1090. The topological polar surface area (TPSA) is 147 Å². The van der Waals surface area contributed by atoms with Crippen molar-refractivity contribution in [1.29, 1.82) is 0 Å². The highest BCUT2D eigenvalue weighted by Crippen LogP contribution is 2.30. The largest absolute Gasteiger partial charge is 0.490 e. The highest BCUT2D eigenvalue weighted by molar-refractivity contribution is 5.94. The van der Waals surface area contributed by atoms with Crippen molar-refractivity contribution in [2.75, 3.05) is 13.2 Å². The molecule has 0 unspecified atom stereocenters. The van der Waals surface area contributed by atoms with Gasteiger partial charge in [-0.25, -0.2) is 9.59 Å². The molecule has 17 heteroatoms. The molecule has 0 radical (unpaired) electrons. The number of hydrogen-bond acceptors (Lipinski definition) is 7. The standard InChI is InChI=1S/C18H23N5O2.2C2HF3O2/c1-22-11-14(9-20-22)18(24)21-15-12-23(10-13-4-2-6-19-8-13)16-5-3-7-25-17(15)16;2*3-2(4,5)1(6)7/h2,4,6,8-9,11,15-17H,3,5,7,10,12H2,1H3,(H,21,24);2*(H,6,7)/t15-,16-,17-;;/m1../s1. The van der Waals surface area contributed by atoms with Crippen LogP contribution in [0.1, 0.15) is 28.8 Å². The molecule has 4 heterocycles. The molecule has 3 atom stereocenters. The molecule has 0 aliphatic carbocycles. The second kappa shape index (κ2) is 13.4. The van der Waals surface area contributed by atoms with Gasteiger partial charge in [0, 0.05) is 51.4 Å². The highest BCUT2D eigenvalue weighted by atomic mass is 19.4. The van der Waals surface area contributed by atoms with Crippen LogP contribution >= 0.6 is 0 Å². The Morgan fingerprint density at radius 3 is 2.21 bits per heavy atom. The van der Waals surface area contributed by atoms with E-state index in [0.717, 1.165) is 32.5 Å². The summed E-state index contributed by atoms with van der Waals surface area (Å²) < 4.78 is 71.1. The molecule has 2 fully saturated rings. The molecule has 2 aliphatic heterocycles. The lowest BCUT2D eigenvalue weighted by molar-refractivity contribution is -0.193. The predicted molar refractivity (Wildman–Crippen MR) is 119 cm³/mol. The van der Waals surface area contributed by atoms with Crippen molar-refractivity contribution in [2.24, 2.45) is 7.05 Å². The van der Waals surface area contributed by atoms with E-state index in [-0.39, 0.29) is 18.1 Å². The van der Waals surface area contributed by atoms with E-state index in [2.05, 4.69) is 26.4 Å². The van der Waals surface area contributed by atoms with Gasteiger partial charge in [0.1, 0.15) is 0 Å². The normalized spacial score (nSPS) is 20.9. The number of alkyl halides is 6. The zero-order valence-corrected chi connectivity index (χ0v) is 20.3. The van der Waals surface area contributed by atoms with Gasteiger partial charge in [0.25, 0.3) is 5.91 Å². The summed E-state index contributed by atoms with van der Waals surface area (Å²) in [5.41, 5.74) is 1.77. The van der Waals surface area contributed by atoms with E-state index < -0.39 is 24.3 Å². The number of carbonyl (C=O) groups is 3. The third-order valence-electron chi connectivity index (χ3n) is 5.51. The fourth-order valence-electron chi connectivity index (χ4n) is 3.88. The van der Waals surface area contributed by atoms with Gasteiger partial charge in [0.15, 0.2) is 0 Å². The van der Waals surface area contributed by atoms with E-state index in [0.29, 0.717) is 11.6 Å². The third-order valence-corrected chi connectivity index (χ3v) is 5.51. The first-order chi connectivity index (χ1) is 18.1. The minimum atomic E-state index is -5.08. The van der Waals surface area contributed by atoms with Crippen molar-refractivity contribution in [3.63, 3.8) is 0 Å². The highest BCUT2D eigenvalue weighted by Gasteiger charge is 2.44. The number of hydrogen-bond donors (Lipinski definition) is 3. The molecule has 2 saturated heterocycles. The van der Waals surface area contributed by atoms with E-state index in [9.17, 15) is 31.1 Å². The fraction of sp³-hybridized carbons (Fsp3) is 0.500. The van der Waals surface area contributed by atoms with Crippen molar-refractivity contribution in [3.8, 4) is 0 Å². The lowest BCUT2D eigenvalue weighted by atomic mass is 10.0. The monoisotopic (exact) mass is 569 g/mol. The number of amides is 1. The number of rotatable bonds is 4. The maximum atomic E-state index is 12.5. The number of carboxylic acids is 2. The van der Waals surface area contributed by atoms with Crippen LogP contribution in [-0.4, -0.2) is 91.4 Å². The zero-order valence-electron chi connectivity index (χ0n) is 20.3. The van der Waals surface area contributed by atoms with Gasteiger partial charge in [-0.1, -0.05) is 6.07 Å². The molecule has 11 nitrogen and oxygen atoms in total. The molecular weight excluding hydrogens is 544 g/mol. The Labute approximate surface area is 217 Å². The van der Waals surface area contributed by atoms with Crippen molar-refractivity contribution in [1.82, 2.24) is 25.0 Å².